The van der Waals surface area contributed by atoms with E-state index in [2.05, 4.69) is 0 Å². The van der Waals surface area contributed by atoms with Gasteiger partial charge in [0.05, 0.1) is 18.8 Å². The molecule has 1 heterocycles. The molecule has 4 atom stereocenters. The zero-order valence-corrected chi connectivity index (χ0v) is 7.93. The van der Waals surface area contributed by atoms with E-state index in [-0.39, 0.29) is 18.1 Å². The summed E-state index contributed by atoms with van der Waals surface area (Å²) in [4.78, 5) is 10.8. The minimum atomic E-state index is -0.937. The fourth-order valence-corrected chi connectivity index (χ4v) is 1.49. The highest BCUT2D eigenvalue weighted by Crippen LogP contribution is 2.21. The first-order valence-corrected chi connectivity index (χ1v) is 4.49. The molecule has 0 aromatic heterocycles. The molecule has 76 valence electrons. The van der Waals surface area contributed by atoms with E-state index >= 15 is 0 Å². The Morgan fingerprint density at radius 2 is 2.08 bits per heavy atom. The second kappa shape index (κ2) is 4.17. The van der Waals surface area contributed by atoms with E-state index in [0.717, 1.165) is 0 Å². The summed E-state index contributed by atoms with van der Waals surface area (Å²) < 4.78 is 5.25. The van der Waals surface area contributed by atoms with Gasteiger partial charge in [0.25, 0.3) is 0 Å². The Hall–Kier alpha value is -0.450. The fraction of sp³-hybridized carbons (Fsp3) is 0.889. The lowest BCUT2D eigenvalue weighted by Gasteiger charge is -2.35. The summed E-state index contributed by atoms with van der Waals surface area (Å²) in [5.41, 5.74) is 0. The lowest BCUT2D eigenvalue weighted by molar-refractivity contribution is -0.164. The van der Waals surface area contributed by atoms with Crippen molar-refractivity contribution in [2.45, 2.75) is 38.6 Å². The molecule has 2 N–H and O–H groups in total. The summed E-state index contributed by atoms with van der Waals surface area (Å²) in [5.74, 6) is -0.107. The van der Waals surface area contributed by atoms with Gasteiger partial charge in [-0.25, -0.2) is 0 Å². The maximum absolute atomic E-state index is 10.8. The van der Waals surface area contributed by atoms with E-state index in [0.29, 0.717) is 6.61 Å². The lowest BCUT2D eigenvalue weighted by Crippen LogP contribution is -2.49. The van der Waals surface area contributed by atoms with Crippen molar-refractivity contribution in [2.75, 3.05) is 6.61 Å². The highest BCUT2D eigenvalue weighted by atomic mass is 16.5. The van der Waals surface area contributed by atoms with Crippen LogP contribution < -0.4 is 0 Å². The van der Waals surface area contributed by atoms with Crippen LogP contribution in [0.3, 0.4) is 0 Å². The van der Waals surface area contributed by atoms with Gasteiger partial charge in [0.15, 0.2) is 0 Å². The summed E-state index contributed by atoms with van der Waals surface area (Å²) in [6, 6.07) is 0. The van der Waals surface area contributed by atoms with E-state index in [9.17, 15) is 15.0 Å². The molecule has 1 fully saturated rings. The molecule has 1 saturated heterocycles. The number of hydrogen-bond donors (Lipinski definition) is 2. The summed E-state index contributed by atoms with van der Waals surface area (Å²) in [6.07, 6.45) is -2.08. The van der Waals surface area contributed by atoms with Crippen molar-refractivity contribution in [3.05, 3.63) is 0 Å². The average molecular weight is 188 g/mol. The zero-order valence-electron chi connectivity index (χ0n) is 7.93. The molecule has 0 unspecified atom stereocenters. The van der Waals surface area contributed by atoms with E-state index in [1.165, 1.54) is 6.92 Å². The predicted octanol–water partition coefficient (Wildman–Crippen LogP) is -0.278. The van der Waals surface area contributed by atoms with Crippen molar-refractivity contribution in [1.29, 1.82) is 0 Å². The number of Topliss-reactive ketones (excluding diaryl/α,β-unsaturated/α-hetero) is 1. The van der Waals surface area contributed by atoms with Crippen LogP contribution in [0.15, 0.2) is 0 Å². The Morgan fingerprint density at radius 1 is 1.46 bits per heavy atom. The van der Waals surface area contributed by atoms with E-state index in [4.69, 9.17) is 4.74 Å². The van der Waals surface area contributed by atoms with Crippen LogP contribution in [0.4, 0.5) is 0 Å². The summed E-state index contributed by atoms with van der Waals surface area (Å²) in [6.45, 7) is 3.65. The molecule has 1 aliphatic heterocycles. The van der Waals surface area contributed by atoms with Gasteiger partial charge in [-0.05, 0) is 6.92 Å². The topological polar surface area (TPSA) is 66.8 Å². The lowest BCUT2D eigenvalue weighted by atomic mass is 9.92. The van der Waals surface area contributed by atoms with Crippen LogP contribution >= 0.6 is 0 Å². The molecular formula is C9H16O4. The first kappa shape index (κ1) is 10.6. The van der Waals surface area contributed by atoms with E-state index in [1.54, 1.807) is 6.92 Å². The Morgan fingerprint density at radius 3 is 2.62 bits per heavy atom. The molecular weight excluding hydrogens is 172 g/mol. The van der Waals surface area contributed by atoms with Crippen LogP contribution in [0.1, 0.15) is 20.3 Å². The van der Waals surface area contributed by atoms with Crippen LogP contribution in [0.5, 0.6) is 0 Å². The molecule has 1 aliphatic rings. The molecule has 1 rings (SSSR count). The number of aliphatic hydroxyl groups is 2. The highest BCUT2D eigenvalue weighted by molar-refractivity contribution is 5.76. The summed E-state index contributed by atoms with van der Waals surface area (Å²) >= 11 is 0. The molecule has 4 heteroatoms. The first-order chi connectivity index (χ1) is 6.02. The van der Waals surface area contributed by atoms with Gasteiger partial charge in [-0.1, -0.05) is 6.92 Å². The number of ether oxygens (including phenoxy) is 1. The van der Waals surface area contributed by atoms with Gasteiger partial charge in [0.2, 0.25) is 0 Å². The number of ketones is 1. The largest absolute Gasteiger partial charge is 0.390 e. The zero-order chi connectivity index (χ0) is 10.0. The number of aliphatic hydroxyl groups excluding tert-OH is 2. The second-order valence-corrected chi connectivity index (χ2v) is 3.74. The normalized spacial score (nSPS) is 40.3. The monoisotopic (exact) mass is 188 g/mol. The quantitative estimate of drug-likeness (QED) is 0.625. The Kier molecular flexibility index (Phi) is 3.41. The van der Waals surface area contributed by atoms with Gasteiger partial charge in [0.1, 0.15) is 11.9 Å². The molecule has 0 radical (unpaired) electrons. The van der Waals surface area contributed by atoms with Gasteiger partial charge in [-0.2, -0.15) is 0 Å². The highest BCUT2D eigenvalue weighted by Gasteiger charge is 2.36. The number of hydrogen-bond acceptors (Lipinski definition) is 4. The van der Waals surface area contributed by atoms with Crippen LogP contribution in [0, 0.1) is 5.92 Å². The van der Waals surface area contributed by atoms with Crippen molar-refractivity contribution < 1.29 is 19.7 Å². The van der Waals surface area contributed by atoms with Gasteiger partial charge in [-0.3, -0.25) is 4.79 Å². The smallest absolute Gasteiger partial charge is 0.132 e. The van der Waals surface area contributed by atoms with Crippen molar-refractivity contribution >= 4 is 5.78 Å². The number of rotatable bonds is 2. The van der Waals surface area contributed by atoms with Crippen LogP contribution in [-0.2, 0) is 9.53 Å². The van der Waals surface area contributed by atoms with Crippen LogP contribution in [-0.4, -0.2) is 40.9 Å². The van der Waals surface area contributed by atoms with Crippen molar-refractivity contribution in [1.82, 2.24) is 0 Å². The third kappa shape index (κ3) is 2.49. The third-order valence-electron chi connectivity index (χ3n) is 2.38. The molecule has 4 nitrogen and oxygen atoms in total. The van der Waals surface area contributed by atoms with Crippen molar-refractivity contribution in [3.63, 3.8) is 0 Å². The first-order valence-electron chi connectivity index (χ1n) is 4.49. The SMILES string of the molecule is CC(=O)C[C@@H]1OC[C@@H](C)[C@H](O)[C@H]1O. The Labute approximate surface area is 77.5 Å². The van der Waals surface area contributed by atoms with E-state index in [1.807, 2.05) is 0 Å². The average Bonchev–Trinajstić information content (AvgIpc) is 2.06. The van der Waals surface area contributed by atoms with E-state index < -0.39 is 18.3 Å². The van der Waals surface area contributed by atoms with Crippen LogP contribution in [0.2, 0.25) is 0 Å². The molecule has 0 bridgehead atoms. The summed E-state index contributed by atoms with van der Waals surface area (Å²) in [5, 5.41) is 19.0. The maximum Gasteiger partial charge on any atom is 0.132 e. The Balaban J connectivity index is 2.53. The predicted molar refractivity (Wildman–Crippen MR) is 46.2 cm³/mol. The maximum atomic E-state index is 10.8. The third-order valence-corrected chi connectivity index (χ3v) is 2.38. The van der Waals surface area contributed by atoms with Gasteiger partial charge in [0, 0.05) is 12.3 Å². The standard InChI is InChI=1S/C9H16O4/c1-5-4-13-7(3-6(2)10)9(12)8(5)11/h5,7-9,11-12H,3-4H2,1-2H3/t5-,7+,8+,9+/m1/s1. The molecule has 0 spiro atoms. The molecule has 0 aromatic rings. The number of carbonyl (C=O) groups excluding carboxylic acids is 1. The van der Waals surface area contributed by atoms with Gasteiger partial charge in [-0.15, -0.1) is 0 Å². The van der Waals surface area contributed by atoms with Crippen molar-refractivity contribution in [2.24, 2.45) is 5.92 Å². The Bertz CT molecular complexity index is 192. The molecule has 13 heavy (non-hydrogen) atoms. The molecule has 0 aromatic carbocycles. The summed E-state index contributed by atoms with van der Waals surface area (Å²) in [7, 11) is 0. The molecule has 0 saturated carbocycles. The minimum absolute atomic E-state index is 0.0363. The van der Waals surface area contributed by atoms with Crippen molar-refractivity contribution in [3.8, 4) is 0 Å². The number of carbonyl (C=O) groups is 1. The fourth-order valence-electron chi connectivity index (χ4n) is 1.49. The van der Waals surface area contributed by atoms with Crippen LogP contribution in [0.25, 0.3) is 0 Å². The molecule has 0 amide bonds. The van der Waals surface area contributed by atoms with Gasteiger partial charge >= 0.3 is 0 Å². The minimum Gasteiger partial charge on any atom is -0.390 e. The van der Waals surface area contributed by atoms with Gasteiger partial charge < -0.3 is 14.9 Å². The second-order valence-electron chi connectivity index (χ2n) is 3.74. The molecule has 0 aliphatic carbocycles.